The molecule has 0 aliphatic heterocycles. The van der Waals surface area contributed by atoms with Crippen LogP contribution in [-0.4, -0.2) is 22.2 Å². The summed E-state index contributed by atoms with van der Waals surface area (Å²) in [6.45, 7) is 7.80. The Morgan fingerprint density at radius 3 is 1.35 bits per heavy atom. The molecular weight excluding hydrogens is 328 g/mol. The van der Waals surface area contributed by atoms with E-state index in [1.54, 1.807) is 0 Å². The van der Waals surface area contributed by atoms with Crippen LogP contribution in [0.1, 0.15) is 64.5 Å². The van der Waals surface area contributed by atoms with E-state index in [2.05, 4.69) is 0 Å². The average Bonchev–Trinajstić information content (AvgIpc) is 2.45. The highest BCUT2D eigenvalue weighted by molar-refractivity contribution is 5.68. The largest absolute Gasteiger partial charge is 0.481 e. The SMILES string of the molecule is CC(C)(C/C=C/c1ccc(/C=C/CC(C)(C)CC(=O)O)cc1)CC(=O)O. The van der Waals surface area contributed by atoms with Crippen molar-refractivity contribution >= 4 is 24.1 Å². The van der Waals surface area contributed by atoms with Gasteiger partial charge in [0.1, 0.15) is 0 Å². The number of hydrogen-bond donors (Lipinski definition) is 2. The molecular formula is C22H30O4. The third-order valence-electron chi connectivity index (χ3n) is 4.16. The molecule has 0 aliphatic rings. The van der Waals surface area contributed by atoms with Gasteiger partial charge in [-0.25, -0.2) is 0 Å². The zero-order valence-corrected chi connectivity index (χ0v) is 16.2. The molecule has 0 amide bonds. The van der Waals surface area contributed by atoms with Gasteiger partial charge in [0.25, 0.3) is 0 Å². The summed E-state index contributed by atoms with van der Waals surface area (Å²) < 4.78 is 0. The van der Waals surface area contributed by atoms with Crippen molar-refractivity contribution in [2.75, 3.05) is 0 Å². The number of carboxylic acids is 2. The molecule has 0 heterocycles. The topological polar surface area (TPSA) is 74.6 Å². The predicted molar refractivity (Wildman–Crippen MR) is 106 cm³/mol. The number of allylic oxidation sites excluding steroid dienone is 2. The van der Waals surface area contributed by atoms with E-state index in [1.165, 1.54) is 0 Å². The van der Waals surface area contributed by atoms with Crippen molar-refractivity contribution in [3.8, 4) is 0 Å². The summed E-state index contributed by atoms with van der Waals surface area (Å²) in [6.07, 6.45) is 9.77. The summed E-state index contributed by atoms with van der Waals surface area (Å²) in [6, 6.07) is 8.07. The minimum atomic E-state index is -0.772. The molecule has 142 valence electrons. The van der Waals surface area contributed by atoms with E-state index in [9.17, 15) is 9.59 Å². The van der Waals surface area contributed by atoms with Crippen LogP contribution in [0.2, 0.25) is 0 Å². The molecule has 0 saturated carbocycles. The third-order valence-corrected chi connectivity index (χ3v) is 4.16. The van der Waals surface area contributed by atoms with Gasteiger partial charge < -0.3 is 10.2 Å². The van der Waals surface area contributed by atoms with E-state index in [4.69, 9.17) is 10.2 Å². The van der Waals surface area contributed by atoms with Gasteiger partial charge in [-0.2, -0.15) is 0 Å². The highest BCUT2D eigenvalue weighted by Gasteiger charge is 2.20. The van der Waals surface area contributed by atoms with Crippen molar-refractivity contribution in [1.29, 1.82) is 0 Å². The Hall–Kier alpha value is -2.36. The van der Waals surface area contributed by atoms with Gasteiger partial charge in [-0.3, -0.25) is 9.59 Å². The standard InChI is InChI=1S/C22H30O4/c1-21(2,15-19(23)24)13-5-7-17-9-11-18(12-10-17)8-6-14-22(3,4)16-20(25)26/h5-12H,13-16H2,1-4H3,(H,23,24)(H,25,26)/b7-5+,8-6+. The van der Waals surface area contributed by atoms with Crippen LogP contribution in [-0.2, 0) is 9.59 Å². The molecule has 0 unspecified atom stereocenters. The summed E-state index contributed by atoms with van der Waals surface area (Å²) in [5, 5.41) is 17.8. The van der Waals surface area contributed by atoms with Crippen LogP contribution in [0.15, 0.2) is 36.4 Å². The number of hydrogen-bond acceptors (Lipinski definition) is 2. The van der Waals surface area contributed by atoms with Gasteiger partial charge in [-0.05, 0) is 34.8 Å². The summed E-state index contributed by atoms with van der Waals surface area (Å²) in [5.41, 5.74) is 1.63. The smallest absolute Gasteiger partial charge is 0.303 e. The zero-order chi connectivity index (χ0) is 19.8. The Morgan fingerprint density at radius 1 is 0.769 bits per heavy atom. The maximum absolute atomic E-state index is 10.8. The van der Waals surface area contributed by atoms with Gasteiger partial charge in [0.2, 0.25) is 0 Å². The quantitative estimate of drug-likeness (QED) is 0.579. The summed E-state index contributed by atoms with van der Waals surface area (Å²) >= 11 is 0. The second-order valence-corrected chi connectivity index (χ2v) is 8.35. The lowest BCUT2D eigenvalue weighted by Gasteiger charge is -2.19. The third kappa shape index (κ3) is 9.21. The molecule has 0 atom stereocenters. The van der Waals surface area contributed by atoms with E-state index in [-0.39, 0.29) is 23.7 Å². The molecule has 0 radical (unpaired) electrons. The first-order valence-electron chi connectivity index (χ1n) is 8.86. The van der Waals surface area contributed by atoms with Gasteiger partial charge in [-0.1, -0.05) is 76.3 Å². The molecule has 0 saturated heterocycles. The number of aliphatic carboxylic acids is 2. The fourth-order valence-electron chi connectivity index (χ4n) is 2.71. The van der Waals surface area contributed by atoms with Gasteiger partial charge in [0, 0.05) is 0 Å². The summed E-state index contributed by atoms with van der Waals surface area (Å²) in [7, 11) is 0. The Kier molecular flexibility index (Phi) is 7.81. The van der Waals surface area contributed by atoms with Gasteiger partial charge in [0.05, 0.1) is 12.8 Å². The van der Waals surface area contributed by atoms with Crippen molar-refractivity contribution in [2.24, 2.45) is 10.8 Å². The van der Waals surface area contributed by atoms with E-state index < -0.39 is 11.9 Å². The molecule has 0 aromatic heterocycles. The fourth-order valence-corrected chi connectivity index (χ4v) is 2.71. The van der Waals surface area contributed by atoms with E-state index in [0.717, 1.165) is 11.1 Å². The zero-order valence-electron chi connectivity index (χ0n) is 16.2. The summed E-state index contributed by atoms with van der Waals surface area (Å²) in [5.74, 6) is -1.54. The Morgan fingerprint density at radius 2 is 1.08 bits per heavy atom. The van der Waals surface area contributed by atoms with Crippen LogP contribution in [0.25, 0.3) is 12.2 Å². The molecule has 2 N–H and O–H groups in total. The van der Waals surface area contributed by atoms with Crippen LogP contribution in [0.3, 0.4) is 0 Å². The number of carbonyl (C=O) groups is 2. The molecule has 0 bridgehead atoms. The van der Waals surface area contributed by atoms with Gasteiger partial charge in [0.15, 0.2) is 0 Å². The maximum Gasteiger partial charge on any atom is 0.303 e. The molecule has 0 spiro atoms. The highest BCUT2D eigenvalue weighted by atomic mass is 16.4. The minimum absolute atomic E-state index is 0.152. The van der Waals surface area contributed by atoms with Gasteiger partial charge >= 0.3 is 11.9 Å². The lowest BCUT2D eigenvalue weighted by Crippen LogP contribution is -2.15. The van der Waals surface area contributed by atoms with Crippen LogP contribution in [0.5, 0.6) is 0 Å². The van der Waals surface area contributed by atoms with Crippen LogP contribution >= 0.6 is 0 Å². The molecule has 1 aromatic carbocycles. The second-order valence-electron chi connectivity index (χ2n) is 8.35. The molecule has 4 nitrogen and oxygen atoms in total. The average molecular weight is 358 g/mol. The van der Waals surface area contributed by atoms with E-state index in [1.807, 2.05) is 76.3 Å². The first-order chi connectivity index (χ1) is 12.0. The monoisotopic (exact) mass is 358 g/mol. The Balaban J connectivity index is 2.58. The van der Waals surface area contributed by atoms with Crippen molar-refractivity contribution in [3.63, 3.8) is 0 Å². The van der Waals surface area contributed by atoms with E-state index in [0.29, 0.717) is 12.8 Å². The Labute approximate surface area is 156 Å². The minimum Gasteiger partial charge on any atom is -0.481 e. The maximum atomic E-state index is 10.8. The first-order valence-corrected chi connectivity index (χ1v) is 8.86. The van der Waals surface area contributed by atoms with Crippen molar-refractivity contribution in [2.45, 2.75) is 53.4 Å². The fraction of sp³-hybridized carbons (Fsp3) is 0.455. The molecule has 26 heavy (non-hydrogen) atoms. The number of benzene rings is 1. The number of rotatable bonds is 10. The van der Waals surface area contributed by atoms with Crippen molar-refractivity contribution in [3.05, 3.63) is 47.5 Å². The lowest BCUT2D eigenvalue weighted by molar-refractivity contribution is -0.140. The molecule has 0 aliphatic carbocycles. The normalized spacial score (nSPS) is 12.8. The van der Waals surface area contributed by atoms with Crippen molar-refractivity contribution < 1.29 is 19.8 Å². The second kappa shape index (κ2) is 9.37. The molecule has 1 aromatic rings. The lowest BCUT2D eigenvalue weighted by atomic mass is 9.85. The molecule has 0 fully saturated rings. The van der Waals surface area contributed by atoms with Crippen LogP contribution in [0.4, 0.5) is 0 Å². The van der Waals surface area contributed by atoms with E-state index >= 15 is 0 Å². The Bertz CT molecular complexity index is 605. The summed E-state index contributed by atoms with van der Waals surface area (Å²) in [4.78, 5) is 21.7. The first kappa shape index (κ1) is 21.7. The van der Waals surface area contributed by atoms with Crippen LogP contribution < -0.4 is 0 Å². The predicted octanol–water partition coefficient (Wildman–Crippen LogP) is 5.50. The molecule has 1 rings (SSSR count). The van der Waals surface area contributed by atoms with Crippen LogP contribution in [0, 0.1) is 10.8 Å². The number of carboxylic acid groups (broad SMARTS) is 2. The van der Waals surface area contributed by atoms with Gasteiger partial charge in [-0.15, -0.1) is 0 Å². The molecule has 4 heteroatoms. The highest BCUT2D eigenvalue weighted by Crippen LogP contribution is 2.27. The van der Waals surface area contributed by atoms with Crippen molar-refractivity contribution in [1.82, 2.24) is 0 Å².